The third kappa shape index (κ3) is 7.52. The number of benzene rings is 6. The molecule has 322 valence electrons. The van der Waals surface area contributed by atoms with Gasteiger partial charge in [0.25, 0.3) is 0 Å². The third-order valence-electron chi connectivity index (χ3n) is 11.2. The summed E-state index contributed by atoms with van der Waals surface area (Å²) in [6, 6.07) is 42.3. The number of H-pyrrole nitrogens is 2. The van der Waals surface area contributed by atoms with Crippen molar-refractivity contribution in [1.82, 2.24) is 39.9 Å². The fourth-order valence-corrected chi connectivity index (χ4v) is 8.15. The molecular formula is C50H42N8O6Si. The minimum atomic E-state index is -1.03. The molecule has 0 saturated heterocycles. The Balaban J connectivity index is 0.000000185. The molecule has 0 saturated carbocycles. The van der Waals surface area contributed by atoms with Crippen molar-refractivity contribution >= 4 is 61.1 Å². The van der Waals surface area contributed by atoms with Crippen LogP contribution in [0.25, 0.3) is 89.7 Å². The number of methoxy groups -OCH3 is 4. The molecule has 2 aliphatic heterocycles. The van der Waals surface area contributed by atoms with E-state index < -0.39 is 11.9 Å². The van der Waals surface area contributed by atoms with Crippen molar-refractivity contribution in [3.63, 3.8) is 0 Å². The number of fused-ring (bicyclic) bond motifs is 20. The minimum Gasteiger partial charge on any atom is -0.497 e. The molecule has 65 heavy (non-hydrogen) atoms. The van der Waals surface area contributed by atoms with E-state index in [2.05, 4.69) is 9.97 Å². The number of nitrogens with one attached hydrogen (secondary N) is 2. The van der Waals surface area contributed by atoms with E-state index in [-0.39, 0.29) is 11.0 Å². The van der Waals surface area contributed by atoms with Gasteiger partial charge < -0.3 is 34.0 Å². The van der Waals surface area contributed by atoms with Gasteiger partial charge in [0.15, 0.2) is 23.3 Å². The first-order valence-corrected chi connectivity index (χ1v) is 20.2. The van der Waals surface area contributed by atoms with Crippen molar-refractivity contribution < 1.29 is 28.8 Å². The van der Waals surface area contributed by atoms with Crippen LogP contribution >= 0.6 is 0 Å². The molecule has 9 aromatic rings. The standard InChI is InChI=1S/C32H18N8.C18H20O6.H4Si/c1-2-10-18-17(9-1)25-33-26(18)38-28-21-13-5-6-14-22(21)30(35-28)40-32-24-16-8-7-15-23(24)31(36-32)39-29-20-12-4-3-11-19(20)27(34-29)37-25;1-21-11-5-7-15(23-3)13(9-11)17(18(19)20)14-10-12(22-2)6-8-16(14)24-4;/h1-16H,(H2,33,34,35,36,37,38,39,40);5-10,17H,1-4H3,(H,19,20);1H4. The van der Waals surface area contributed by atoms with Crippen LogP contribution in [0.4, 0.5) is 0 Å². The van der Waals surface area contributed by atoms with Gasteiger partial charge in [0, 0.05) is 54.9 Å². The second-order valence-electron chi connectivity index (χ2n) is 14.8. The first-order valence-electron chi connectivity index (χ1n) is 20.2. The Hall–Kier alpha value is -8.43. The van der Waals surface area contributed by atoms with Crippen molar-refractivity contribution in [1.29, 1.82) is 0 Å². The van der Waals surface area contributed by atoms with Gasteiger partial charge in [-0.2, -0.15) is 0 Å². The average Bonchev–Trinajstić information content (AvgIpc) is 4.07. The van der Waals surface area contributed by atoms with E-state index in [1.807, 2.05) is 97.1 Å². The van der Waals surface area contributed by atoms with Crippen LogP contribution in [0.1, 0.15) is 17.0 Å². The number of aromatic nitrogens is 8. The number of hydrogen-bond acceptors (Lipinski definition) is 11. The summed E-state index contributed by atoms with van der Waals surface area (Å²) < 4.78 is 21.1. The molecule has 8 bridgehead atoms. The molecule has 6 aromatic carbocycles. The Morgan fingerprint density at radius 2 is 0.754 bits per heavy atom. The average molecular weight is 879 g/mol. The van der Waals surface area contributed by atoms with Crippen LogP contribution in [0.5, 0.6) is 23.0 Å². The van der Waals surface area contributed by atoms with Gasteiger partial charge in [-0.25, -0.2) is 29.9 Å². The number of nitrogens with zero attached hydrogens (tertiary/aromatic N) is 6. The normalized spacial score (nSPS) is 11.2. The van der Waals surface area contributed by atoms with Crippen LogP contribution in [0.2, 0.25) is 0 Å². The van der Waals surface area contributed by atoms with Crippen molar-refractivity contribution in [3.8, 4) is 68.5 Å². The van der Waals surface area contributed by atoms with Crippen LogP contribution in [-0.4, -0.2) is 90.4 Å². The molecule has 3 N–H and O–H groups in total. The molecule has 11 rings (SSSR count). The van der Waals surface area contributed by atoms with Crippen molar-refractivity contribution in [2.45, 2.75) is 5.92 Å². The molecule has 5 heterocycles. The molecule has 14 nitrogen and oxygen atoms in total. The van der Waals surface area contributed by atoms with Crippen LogP contribution in [0, 0.1) is 0 Å². The Morgan fingerprint density at radius 3 is 1.03 bits per heavy atom. The zero-order valence-electron chi connectivity index (χ0n) is 35.0. The molecule has 0 fully saturated rings. The van der Waals surface area contributed by atoms with Crippen LogP contribution in [-0.2, 0) is 4.79 Å². The summed E-state index contributed by atoms with van der Waals surface area (Å²) in [4.78, 5) is 48.8. The number of aliphatic carboxylic acids is 1. The summed E-state index contributed by atoms with van der Waals surface area (Å²) in [5.74, 6) is 2.34. The second-order valence-corrected chi connectivity index (χ2v) is 14.8. The maximum atomic E-state index is 12.0. The van der Waals surface area contributed by atoms with E-state index in [1.54, 1.807) is 36.4 Å². The van der Waals surface area contributed by atoms with Crippen LogP contribution < -0.4 is 18.9 Å². The highest BCUT2D eigenvalue weighted by atomic mass is 28.1. The molecule has 0 spiro atoms. The predicted octanol–water partition coefficient (Wildman–Crippen LogP) is 8.36. The highest BCUT2D eigenvalue weighted by molar-refractivity contribution is 6.06. The molecule has 15 heteroatoms. The van der Waals surface area contributed by atoms with Crippen molar-refractivity contribution in [3.05, 3.63) is 145 Å². The Labute approximate surface area is 376 Å². The molecule has 0 radical (unpaired) electrons. The fourth-order valence-electron chi connectivity index (χ4n) is 8.15. The van der Waals surface area contributed by atoms with Gasteiger partial charge in [-0.1, -0.05) is 97.1 Å². The summed E-state index contributed by atoms with van der Waals surface area (Å²) in [6.07, 6.45) is 0. The van der Waals surface area contributed by atoms with Crippen LogP contribution in [0.15, 0.2) is 133 Å². The lowest BCUT2D eigenvalue weighted by atomic mass is 9.89. The Kier molecular flexibility index (Phi) is 11.2. The SMILES string of the molecule is COc1ccc(OC)c(C(C(=O)O)c2cc(OC)ccc2OC)c1.[SiH4].c1ccc2c(c1)-c1nc-2nc2[nH]c(nc3nc(nc4[nH]c(n1)c1ccccc41)-c1ccccc1-3)c1ccccc21. The minimum absolute atomic E-state index is 0. The number of ether oxygens (including phenoxy) is 4. The molecule has 0 amide bonds. The van der Waals surface area contributed by atoms with Crippen molar-refractivity contribution in [2.24, 2.45) is 0 Å². The smallest absolute Gasteiger partial charge is 0.315 e. The zero-order valence-corrected chi connectivity index (χ0v) is 35.0. The summed E-state index contributed by atoms with van der Waals surface area (Å²) >= 11 is 0. The highest BCUT2D eigenvalue weighted by Gasteiger charge is 2.30. The van der Waals surface area contributed by atoms with Crippen LogP contribution in [0.3, 0.4) is 0 Å². The number of carboxylic acid groups (broad SMARTS) is 1. The summed E-state index contributed by atoms with van der Waals surface area (Å²) in [5.41, 5.74) is 7.39. The van der Waals surface area contributed by atoms with Gasteiger partial charge in [0.05, 0.1) is 28.4 Å². The number of aromatic amines is 2. The molecular weight excluding hydrogens is 837 g/mol. The maximum absolute atomic E-state index is 12.0. The molecule has 0 aliphatic carbocycles. The van der Waals surface area contributed by atoms with E-state index in [1.165, 1.54) is 28.4 Å². The monoisotopic (exact) mass is 878 g/mol. The van der Waals surface area contributed by atoms with Gasteiger partial charge in [-0.3, -0.25) is 4.79 Å². The highest BCUT2D eigenvalue weighted by Crippen LogP contribution is 2.41. The Morgan fingerprint density at radius 1 is 0.446 bits per heavy atom. The van der Waals surface area contributed by atoms with E-state index in [0.29, 0.717) is 80.0 Å². The number of hydrogen-bond donors (Lipinski definition) is 3. The lowest BCUT2D eigenvalue weighted by Crippen LogP contribution is -2.15. The van der Waals surface area contributed by atoms with Gasteiger partial charge in [0.1, 0.15) is 51.5 Å². The van der Waals surface area contributed by atoms with E-state index >= 15 is 0 Å². The third-order valence-corrected chi connectivity index (χ3v) is 11.2. The largest absolute Gasteiger partial charge is 0.497 e. The fraction of sp³-hybridized carbons (Fsp3) is 0.100. The quantitative estimate of drug-likeness (QED) is 0.130. The maximum Gasteiger partial charge on any atom is 0.315 e. The number of carbonyl (C=O) groups is 1. The van der Waals surface area contributed by atoms with E-state index in [9.17, 15) is 9.90 Å². The summed E-state index contributed by atoms with van der Waals surface area (Å²) in [7, 11) is 6.03. The molecule has 0 atom stereocenters. The molecule has 2 aliphatic rings. The summed E-state index contributed by atoms with van der Waals surface area (Å²) in [5, 5.41) is 13.7. The van der Waals surface area contributed by atoms with Gasteiger partial charge in [-0.05, 0) is 47.4 Å². The lowest BCUT2D eigenvalue weighted by molar-refractivity contribution is -0.137. The second kappa shape index (κ2) is 17.4. The van der Waals surface area contributed by atoms with E-state index in [4.69, 9.17) is 48.9 Å². The number of carboxylic acids is 1. The van der Waals surface area contributed by atoms with Gasteiger partial charge in [-0.15, -0.1) is 0 Å². The first kappa shape index (κ1) is 41.9. The summed E-state index contributed by atoms with van der Waals surface area (Å²) in [6.45, 7) is 0. The number of rotatable bonds is 7. The molecule has 0 unspecified atom stereocenters. The van der Waals surface area contributed by atoms with Crippen molar-refractivity contribution in [2.75, 3.05) is 28.4 Å². The van der Waals surface area contributed by atoms with Gasteiger partial charge in [0.2, 0.25) is 0 Å². The van der Waals surface area contributed by atoms with E-state index in [0.717, 1.165) is 43.8 Å². The molecule has 3 aromatic heterocycles. The first-order chi connectivity index (χ1) is 31.3. The predicted molar refractivity (Wildman–Crippen MR) is 256 cm³/mol. The Bertz CT molecular complexity index is 3110. The zero-order chi connectivity index (χ0) is 43.9. The topological polar surface area (TPSA) is 183 Å². The van der Waals surface area contributed by atoms with Gasteiger partial charge >= 0.3 is 5.97 Å². The lowest BCUT2D eigenvalue weighted by Gasteiger charge is -2.20.